The van der Waals surface area contributed by atoms with Crippen molar-refractivity contribution in [1.82, 2.24) is 15.2 Å². The van der Waals surface area contributed by atoms with E-state index in [1.807, 2.05) is 0 Å². The van der Waals surface area contributed by atoms with E-state index in [1.165, 1.54) is 6.20 Å². The van der Waals surface area contributed by atoms with Crippen LogP contribution in [0, 0.1) is 6.20 Å². The Morgan fingerprint density at radius 2 is 2.57 bits per heavy atom. The van der Waals surface area contributed by atoms with Crippen molar-refractivity contribution in [2.24, 2.45) is 0 Å². The third-order valence-electron chi connectivity index (χ3n) is 0.413. The lowest BCUT2D eigenvalue weighted by Crippen LogP contribution is -1.81. The molecule has 1 heterocycles. The molecule has 0 N–H and O–H groups in total. The quantitative estimate of drug-likeness (QED) is 0.551. The van der Waals surface area contributed by atoms with Gasteiger partial charge < -0.3 is 0 Å². The second-order valence-electron chi connectivity index (χ2n) is 0.855. The van der Waals surface area contributed by atoms with Crippen molar-refractivity contribution in [3.05, 3.63) is 17.1 Å². The monoisotopic (exact) mass is 158 g/mol. The van der Waals surface area contributed by atoms with Gasteiger partial charge in [-0.3, -0.25) is 0 Å². The summed E-state index contributed by atoms with van der Waals surface area (Å²) in [6.45, 7) is 0. The summed E-state index contributed by atoms with van der Waals surface area (Å²) >= 11 is 3.00. The molecule has 4 heteroatoms. The number of hydrogen-bond acceptors (Lipinski definition) is 3. The first-order valence-corrected chi connectivity index (χ1v) is 2.40. The first-order valence-electron chi connectivity index (χ1n) is 1.61. The largest absolute Gasteiger partial charge is 0.218 e. The summed E-state index contributed by atoms with van der Waals surface area (Å²) in [5.41, 5.74) is 0. The van der Waals surface area contributed by atoms with Gasteiger partial charge in [0.05, 0.1) is 6.20 Å². The molecule has 1 aromatic heterocycles. The summed E-state index contributed by atoms with van der Waals surface area (Å²) in [5, 5.41) is 6.97. The molecule has 35 valence electrons. The molecule has 0 fully saturated rings. The standard InChI is InChI=1S/C3HBrN3/c4-3-5-1-2-6-7-3/h2H. The molecule has 0 unspecified atom stereocenters. The van der Waals surface area contributed by atoms with Crippen LogP contribution in [0.15, 0.2) is 10.9 Å². The highest BCUT2D eigenvalue weighted by molar-refractivity contribution is 9.10. The van der Waals surface area contributed by atoms with Gasteiger partial charge in [0.25, 0.3) is 0 Å². The van der Waals surface area contributed by atoms with Crippen molar-refractivity contribution < 1.29 is 0 Å². The lowest BCUT2D eigenvalue weighted by Gasteiger charge is -1.77. The summed E-state index contributed by atoms with van der Waals surface area (Å²) in [6, 6.07) is 0. The smallest absolute Gasteiger partial charge is 0.217 e. The second kappa shape index (κ2) is 1.97. The highest BCUT2D eigenvalue weighted by Crippen LogP contribution is 1.92. The molecule has 0 spiro atoms. The number of rotatable bonds is 0. The minimum atomic E-state index is 0.468. The van der Waals surface area contributed by atoms with E-state index in [1.54, 1.807) is 0 Å². The van der Waals surface area contributed by atoms with E-state index in [-0.39, 0.29) is 0 Å². The molecule has 0 saturated heterocycles. The summed E-state index contributed by atoms with van der Waals surface area (Å²) in [4.78, 5) is 3.60. The molecule has 7 heavy (non-hydrogen) atoms. The van der Waals surface area contributed by atoms with E-state index in [4.69, 9.17) is 0 Å². The van der Waals surface area contributed by atoms with Crippen LogP contribution in [0.25, 0.3) is 0 Å². The maximum atomic E-state index is 3.60. The van der Waals surface area contributed by atoms with E-state index in [0.717, 1.165) is 0 Å². The minimum absolute atomic E-state index is 0.468. The fraction of sp³-hybridized carbons (Fsp3) is 0. The van der Waals surface area contributed by atoms with Crippen LogP contribution in [0.1, 0.15) is 0 Å². The number of hydrogen-bond donors (Lipinski definition) is 0. The van der Waals surface area contributed by atoms with Crippen LogP contribution in [0.2, 0.25) is 0 Å². The van der Waals surface area contributed by atoms with Gasteiger partial charge in [0.1, 0.15) is 6.20 Å². The van der Waals surface area contributed by atoms with Crippen LogP contribution >= 0.6 is 15.9 Å². The summed E-state index contributed by atoms with van der Waals surface area (Å²) in [7, 11) is 0. The second-order valence-corrected chi connectivity index (χ2v) is 1.56. The van der Waals surface area contributed by atoms with Gasteiger partial charge in [0.2, 0.25) is 4.73 Å². The zero-order valence-electron chi connectivity index (χ0n) is 3.30. The maximum absolute atomic E-state index is 3.60. The average Bonchev–Trinajstić information content (AvgIpc) is 1.69. The SMILES string of the molecule is Brc1n[c]cnn1. The Kier molecular flexibility index (Phi) is 1.31. The highest BCUT2D eigenvalue weighted by Gasteiger charge is 1.80. The molecule has 3 nitrogen and oxygen atoms in total. The van der Waals surface area contributed by atoms with Gasteiger partial charge in [-0.15, -0.1) is 5.10 Å². The summed E-state index contributed by atoms with van der Waals surface area (Å²) < 4.78 is 0.468. The highest BCUT2D eigenvalue weighted by atomic mass is 79.9. The Morgan fingerprint density at radius 1 is 1.71 bits per heavy atom. The van der Waals surface area contributed by atoms with Crippen LogP contribution in [0.4, 0.5) is 0 Å². The molecule has 0 saturated carbocycles. The lowest BCUT2D eigenvalue weighted by molar-refractivity contribution is 0.929. The summed E-state index contributed by atoms with van der Waals surface area (Å²) in [6.07, 6.45) is 3.88. The van der Waals surface area contributed by atoms with Crippen LogP contribution < -0.4 is 0 Å². The zero-order chi connectivity index (χ0) is 5.11. The number of aromatic nitrogens is 3. The Morgan fingerprint density at radius 3 is 2.86 bits per heavy atom. The van der Waals surface area contributed by atoms with Crippen molar-refractivity contribution in [2.75, 3.05) is 0 Å². The van der Waals surface area contributed by atoms with Crippen LogP contribution in [-0.4, -0.2) is 15.2 Å². The Balaban J connectivity index is 3.02. The normalized spacial score (nSPS) is 8.71. The van der Waals surface area contributed by atoms with E-state index in [0.29, 0.717) is 4.73 Å². The fourth-order valence-corrected chi connectivity index (χ4v) is 0.401. The Bertz CT molecular complexity index is 140. The van der Waals surface area contributed by atoms with Crippen molar-refractivity contribution in [2.45, 2.75) is 0 Å². The first-order chi connectivity index (χ1) is 3.39. The van der Waals surface area contributed by atoms with E-state index >= 15 is 0 Å². The van der Waals surface area contributed by atoms with Crippen molar-refractivity contribution in [1.29, 1.82) is 0 Å². The summed E-state index contributed by atoms with van der Waals surface area (Å²) in [5.74, 6) is 0. The molecule has 0 atom stereocenters. The number of halogens is 1. The van der Waals surface area contributed by atoms with Crippen molar-refractivity contribution in [3.63, 3.8) is 0 Å². The molecule has 0 aliphatic heterocycles. The number of nitrogens with zero attached hydrogens (tertiary/aromatic N) is 3. The van der Waals surface area contributed by atoms with Gasteiger partial charge >= 0.3 is 0 Å². The van der Waals surface area contributed by atoms with Crippen LogP contribution in [0.3, 0.4) is 0 Å². The first kappa shape index (κ1) is 4.64. The predicted octanol–water partition coefficient (Wildman–Crippen LogP) is 0.434. The predicted molar refractivity (Wildman–Crippen MR) is 26.4 cm³/mol. The molecule has 1 radical (unpaired) electrons. The van der Waals surface area contributed by atoms with Gasteiger partial charge in [-0.1, -0.05) is 0 Å². The van der Waals surface area contributed by atoms with Gasteiger partial charge in [-0.25, -0.2) is 4.98 Å². The maximum Gasteiger partial charge on any atom is 0.218 e. The minimum Gasteiger partial charge on any atom is -0.217 e. The lowest BCUT2D eigenvalue weighted by atomic mass is 10.9. The molecule has 0 aliphatic rings. The zero-order valence-corrected chi connectivity index (χ0v) is 4.88. The van der Waals surface area contributed by atoms with Gasteiger partial charge in [-0.05, 0) is 15.9 Å². The third-order valence-corrected chi connectivity index (χ3v) is 0.748. The van der Waals surface area contributed by atoms with Crippen LogP contribution in [0.5, 0.6) is 0 Å². The Hall–Kier alpha value is -0.510. The molecule has 0 aromatic carbocycles. The van der Waals surface area contributed by atoms with Gasteiger partial charge in [-0.2, -0.15) is 5.10 Å². The topological polar surface area (TPSA) is 38.7 Å². The molecule has 1 aromatic rings. The molecule has 0 amide bonds. The van der Waals surface area contributed by atoms with E-state index in [2.05, 4.69) is 37.3 Å². The molecule has 0 aliphatic carbocycles. The molecular formula is C3HBrN3. The van der Waals surface area contributed by atoms with E-state index < -0.39 is 0 Å². The van der Waals surface area contributed by atoms with Gasteiger partial charge in [0, 0.05) is 0 Å². The molecular weight excluding hydrogens is 158 g/mol. The molecule has 0 bridgehead atoms. The van der Waals surface area contributed by atoms with Crippen LogP contribution in [-0.2, 0) is 0 Å². The van der Waals surface area contributed by atoms with Crippen molar-refractivity contribution >= 4 is 15.9 Å². The average molecular weight is 159 g/mol. The van der Waals surface area contributed by atoms with Crippen molar-refractivity contribution in [3.8, 4) is 0 Å². The third kappa shape index (κ3) is 1.19. The Labute approximate surface area is 48.9 Å². The molecule has 1 rings (SSSR count). The fourth-order valence-electron chi connectivity index (χ4n) is 0.207. The van der Waals surface area contributed by atoms with E-state index in [9.17, 15) is 0 Å². The van der Waals surface area contributed by atoms with Gasteiger partial charge in [0.15, 0.2) is 0 Å².